The number of ether oxygens (including phenoxy) is 1. The number of carbonyl (C=O) groups excluding carboxylic acids is 1. The number of aromatic amines is 1. The number of ketones is 1. The van der Waals surface area contributed by atoms with Crippen molar-refractivity contribution in [2.24, 2.45) is 0 Å². The van der Waals surface area contributed by atoms with E-state index in [0.717, 1.165) is 33.4 Å². The van der Waals surface area contributed by atoms with Crippen LogP contribution in [-0.2, 0) is 10.2 Å². The number of fused-ring (bicyclic) bond motifs is 1. The Balaban J connectivity index is 1.71. The summed E-state index contributed by atoms with van der Waals surface area (Å²) >= 11 is 6.12. The molecule has 0 amide bonds. The van der Waals surface area contributed by atoms with Gasteiger partial charge in [-0.25, -0.2) is 0 Å². The van der Waals surface area contributed by atoms with Gasteiger partial charge in [-0.1, -0.05) is 38.1 Å². The summed E-state index contributed by atoms with van der Waals surface area (Å²) < 4.78 is 5.37. The van der Waals surface area contributed by atoms with E-state index in [1.807, 2.05) is 45.0 Å². The third-order valence-electron chi connectivity index (χ3n) is 6.12. The molecule has 3 aromatic rings. The van der Waals surface area contributed by atoms with Crippen molar-refractivity contribution in [2.45, 2.75) is 26.2 Å². The Morgan fingerprint density at radius 2 is 1.97 bits per heavy atom. The van der Waals surface area contributed by atoms with Crippen molar-refractivity contribution in [3.05, 3.63) is 93.9 Å². The van der Waals surface area contributed by atoms with Crippen LogP contribution in [0.2, 0.25) is 5.02 Å². The molecule has 158 valence electrons. The highest BCUT2D eigenvalue weighted by Crippen LogP contribution is 2.42. The Hall–Kier alpha value is -3.24. The van der Waals surface area contributed by atoms with E-state index in [1.165, 1.54) is 0 Å². The molecule has 0 unspecified atom stereocenters. The zero-order valence-corrected chi connectivity index (χ0v) is 18.7. The maximum Gasteiger partial charge on any atom is 0.201 e. The van der Waals surface area contributed by atoms with E-state index in [1.54, 1.807) is 31.5 Å². The molecular weight excluding hydrogens is 410 g/mol. The zero-order valence-electron chi connectivity index (χ0n) is 18.0. The number of nitrogens with one attached hydrogen (secondary N) is 1. The molecular formula is C26H24ClNO3. The van der Waals surface area contributed by atoms with Gasteiger partial charge in [0.2, 0.25) is 5.78 Å². The van der Waals surface area contributed by atoms with Crippen LogP contribution < -0.4 is 4.74 Å². The summed E-state index contributed by atoms with van der Waals surface area (Å²) in [4.78, 5) is 16.1. The molecule has 0 bridgehead atoms. The number of allylic oxidation sites excluding steroid dienone is 4. The van der Waals surface area contributed by atoms with Crippen molar-refractivity contribution in [2.75, 3.05) is 7.11 Å². The van der Waals surface area contributed by atoms with Crippen LogP contribution in [0.4, 0.5) is 0 Å². The molecule has 2 N–H and O–H groups in total. The highest BCUT2D eigenvalue weighted by Gasteiger charge is 2.37. The summed E-state index contributed by atoms with van der Waals surface area (Å²) in [7, 11) is 1.63. The van der Waals surface area contributed by atoms with Gasteiger partial charge in [0.25, 0.3) is 0 Å². The number of aliphatic hydroxyl groups excluding tert-OH is 1. The molecule has 0 fully saturated rings. The van der Waals surface area contributed by atoms with Crippen molar-refractivity contribution < 1.29 is 14.6 Å². The van der Waals surface area contributed by atoms with Crippen molar-refractivity contribution >= 4 is 33.9 Å². The van der Waals surface area contributed by atoms with E-state index in [-0.39, 0.29) is 17.1 Å². The van der Waals surface area contributed by atoms with Gasteiger partial charge in [-0.2, -0.15) is 0 Å². The number of hydrogen-bond donors (Lipinski definition) is 2. The minimum Gasteiger partial charge on any atom is -0.506 e. The molecule has 1 aliphatic rings. The van der Waals surface area contributed by atoms with Gasteiger partial charge in [0.05, 0.1) is 18.3 Å². The first kappa shape index (κ1) is 21.0. The van der Waals surface area contributed by atoms with E-state index in [2.05, 4.69) is 11.6 Å². The molecule has 4 rings (SSSR count). The quantitative estimate of drug-likeness (QED) is 0.454. The molecule has 31 heavy (non-hydrogen) atoms. The maximum absolute atomic E-state index is 13.0. The van der Waals surface area contributed by atoms with Crippen LogP contribution in [0.15, 0.2) is 72.2 Å². The van der Waals surface area contributed by atoms with E-state index in [4.69, 9.17) is 16.3 Å². The topological polar surface area (TPSA) is 62.3 Å². The fourth-order valence-corrected chi connectivity index (χ4v) is 4.21. The molecule has 0 aliphatic heterocycles. The van der Waals surface area contributed by atoms with E-state index in [0.29, 0.717) is 16.2 Å². The van der Waals surface area contributed by atoms with Crippen LogP contribution in [0.5, 0.6) is 5.75 Å². The lowest BCUT2D eigenvalue weighted by Gasteiger charge is -2.30. The molecule has 1 aromatic heterocycles. The molecule has 0 spiro atoms. The summed E-state index contributed by atoms with van der Waals surface area (Å²) in [5, 5.41) is 12.1. The summed E-state index contributed by atoms with van der Waals surface area (Å²) in [5.74, 6) is 0.528. The van der Waals surface area contributed by atoms with Gasteiger partial charge in [0, 0.05) is 33.1 Å². The number of methoxy groups -OCH3 is 1. The van der Waals surface area contributed by atoms with Crippen LogP contribution in [0.3, 0.4) is 0 Å². The van der Waals surface area contributed by atoms with Gasteiger partial charge in [-0.15, -0.1) is 0 Å². The maximum atomic E-state index is 13.0. The zero-order chi connectivity index (χ0) is 22.5. The average Bonchev–Trinajstić information content (AvgIpc) is 3.14. The molecule has 0 saturated carbocycles. The van der Waals surface area contributed by atoms with Crippen molar-refractivity contribution in [1.29, 1.82) is 0 Å². The van der Waals surface area contributed by atoms with E-state index in [9.17, 15) is 9.90 Å². The van der Waals surface area contributed by atoms with Gasteiger partial charge in [-0.3, -0.25) is 4.79 Å². The minimum absolute atomic E-state index is 0.0230. The number of rotatable bonds is 5. The van der Waals surface area contributed by atoms with E-state index >= 15 is 0 Å². The SMILES string of the molecule is C=C(/C=C1\C(=O)C(c2c[nH]c3ccc(Cl)cc23)=C1O)C(C)(C)c1cc(OC)ccc1C. The molecule has 0 atom stereocenters. The Labute approximate surface area is 186 Å². The second-order valence-electron chi connectivity index (χ2n) is 8.33. The number of aryl methyl sites for hydroxylation is 1. The third-order valence-corrected chi connectivity index (χ3v) is 6.35. The molecule has 1 heterocycles. The lowest BCUT2D eigenvalue weighted by molar-refractivity contribution is -0.111. The van der Waals surface area contributed by atoms with Gasteiger partial charge >= 0.3 is 0 Å². The number of aliphatic hydroxyl groups is 1. The normalized spacial score (nSPS) is 15.5. The van der Waals surface area contributed by atoms with E-state index < -0.39 is 5.41 Å². The average molecular weight is 434 g/mol. The second kappa shape index (κ2) is 7.47. The monoisotopic (exact) mass is 433 g/mol. The summed E-state index contributed by atoms with van der Waals surface area (Å²) in [6.45, 7) is 10.3. The van der Waals surface area contributed by atoms with Crippen molar-refractivity contribution in [3.8, 4) is 5.75 Å². The second-order valence-corrected chi connectivity index (χ2v) is 8.77. The first-order chi connectivity index (χ1) is 14.6. The minimum atomic E-state index is -0.462. The molecule has 2 aromatic carbocycles. The standard InChI is InChI=1S/C26H24ClNO3/c1-14-6-8-17(31-5)12-21(14)26(3,4)15(2)10-19-24(29)23(25(19)30)20-13-28-22-9-7-16(27)11-18(20)22/h6-13,28-29H,2H2,1,3-5H3/b19-10-. The molecule has 0 radical (unpaired) electrons. The first-order valence-electron chi connectivity index (χ1n) is 9.96. The van der Waals surface area contributed by atoms with Crippen LogP contribution >= 0.6 is 11.6 Å². The molecule has 1 aliphatic carbocycles. The van der Waals surface area contributed by atoms with Gasteiger partial charge < -0.3 is 14.8 Å². The van der Waals surface area contributed by atoms with Gasteiger partial charge in [0.1, 0.15) is 11.5 Å². The number of aromatic nitrogens is 1. The number of benzene rings is 2. The summed E-state index contributed by atoms with van der Waals surface area (Å²) in [6.07, 6.45) is 3.40. The molecule has 0 saturated heterocycles. The van der Waals surface area contributed by atoms with Crippen LogP contribution in [0.1, 0.15) is 30.5 Å². The Morgan fingerprint density at radius 3 is 2.65 bits per heavy atom. The third kappa shape index (κ3) is 3.37. The first-order valence-corrected chi connectivity index (χ1v) is 10.3. The van der Waals surface area contributed by atoms with Crippen molar-refractivity contribution in [1.82, 2.24) is 4.98 Å². The predicted octanol–water partition coefficient (Wildman–Crippen LogP) is 6.45. The van der Waals surface area contributed by atoms with Crippen LogP contribution in [-0.4, -0.2) is 23.0 Å². The highest BCUT2D eigenvalue weighted by molar-refractivity contribution is 6.40. The highest BCUT2D eigenvalue weighted by atomic mass is 35.5. The number of H-pyrrole nitrogens is 1. The number of hydrogen-bond acceptors (Lipinski definition) is 3. The number of halogens is 1. The van der Waals surface area contributed by atoms with Gasteiger partial charge in [-0.05, 0) is 60.0 Å². The lowest BCUT2D eigenvalue weighted by Crippen LogP contribution is -2.24. The number of carbonyl (C=O) groups is 1. The lowest BCUT2D eigenvalue weighted by atomic mass is 9.74. The van der Waals surface area contributed by atoms with Crippen LogP contribution in [0.25, 0.3) is 16.5 Å². The Morgan fingerprint density at radius 1 is 1.23 bits per heavy atom. The van der Waals surface area contributed by atoms with Crippen LogP contribution in [0, 0.1) is 6.92 Å². The molecule has 5 heteroatoms. The fourth-order valence-electron chi connectivity index (χ4n) is 4.03. The smallest absolute Gasteiger partial charge is 0.201 e. The predicted molar refractivity (Wildman–Crippen MR) is 126 cm³/mol. The Bertz CT molecular complexity index is 1310. The van der Waals surface area contributed by atoms with Crippen molar-refractivity contribution in [3.63, 3.8) is 0 Å². The Kier molecular flexibility index (Phi) is 5.06. The summed E-state index contributed by atoms with van der Waals surface area (Å²) in [5.41, 5.74) is 4.47. The molecule has 4 nitrogen and oxygen atoms in total. The fraction of sp³-hybridized carbons (Fsp3) is 0.192. The number of Topliss-reactive ketones (excluding diaryl/α,β-unsaturated/α-hetero) is 1. The van der Waals surface area contributed by atoms with Gasteiger partial charge in [0.15, 0.2) is 0 Å². The largest absolute Gasteiger partial charge is 0.506 e. The summed E-state index contributed by atoms with van der Waals surface area (Å²) in [6, 6.07) is 11.3.